The summed E-state index contributed by atoms with van der Waals surface area (Å²) in [5.41, 5.74) is 3.47. The molecule has 0 bridgehead atoms. The Morgan fingerprint density at radius 3 is 2.59 bits per heavy atom. The van der Waals surface area contributed by atoms with Crippen molar-refractivity contribution in [3.63, 3.8) is 0 Å². The molecule has 2 aromatic carbocycles. The van der Waals surface area contributed by atoms with E-state index in [1.54, 1.807) is 30.3 Å². The standard InChI is InChI=1S/C25H25ClFN3O2/c1-5-30-22-12-20(27)17(10-18(22)15(2)13-25(30,3)4)11-21-23(31)29(24(32)28-21)14-16-8-6-7-9-19(16)26/h6-13H,5,14H2,1-4H3,(H,28,32)/b21-11+. The maximum absolute atomic E-state index is 15.1. The number of urea groups is 1. The molecule has 32 heavy (non-hydrogen) atoms. The number of nitrogens with zero attached hydrogens (tertiary/aromatic N) is 2. The number of likely N-dealkylation sites (N-methyl/N-ethyl adjacent to an activating group) is 1. The van der Waals surface area contributed by atoms with Crippen LogP contribution in [0.3, 0.4) is 0 Å². The van der Waals surface area contributed by atoms with Crippen molar-refractivity contribution in [1.29, 1.82) is 0 Å². The van der Waals surface area contributed by atoms with Crippen LogP contribution in [0.2, 0.25) is 5.02 Å². The van der Waals surface area contributed by atoms with E-state index >= 15 is 4.39 Å². The second-order valence-corrected chi connectivity index (χ2v) is 8.99. The van der Waals surface area contributed by atoms with E-state index in [-0.39, 0.29) is 23.3 Å². The van der Waals surface area contributed by atoms with E-state index in [4.69, 9.17) is 11.6 Å². The van der Waals surface area contributed by atoms with E-state index in [1.165, 1.54) is 12.1 Å². The zero-order valence-electron chi connectivity index (χ0n) is 18.5. The van der Waals surface area contributed by atoms with Gasteiger partial charge >= 0.3 is 6.03 Å². The summed E-state index contributed by atoms with van der Waals surface area (Å²) in [6, 6.07) is 9.70. The molecule has 0 saturated carbocycles. The number of rotatable bonds is 4. The maximum atomic E-state index is 15.1. The molecular weight excluding hydrogens is 429 g/mol. The number of amides is 3. The first-order valence-corrected chi connectivity index (χ1v) is 10.9. The molecule has 166 valence electrons. The van der Waals surface area contributed by atoms with Crippen LogP contribution in [0.4, 0.5) is 14.9 Å². The van der Waals surface area contributed by atoms with Crippen LogP contribution in [0.1, 0.15) is 44.4 Å². The first kappa shape index (κ1) is 22.1. The predicted octanol–water partition coefficient (Wildman–Crippen LogP) is 5.59. The number of fused-ring (bicyclic) bond motifs is 1. The van der Waals surface area contributed by atoms with Gasteiger partial charge in [0.25, 0.3) is 5.91 Å². The molecule has 2 heterocycles. The molecule has 7 heteroatoms. The molecule has 5 nitrogen and oxygen atoms in total. The lowest BCUT2D eigenvalue weighted by molar-refractivity contribution is -0.123. The summed E-state index contributed by atoms with van der Waals surface area (Å²) in [7, 11) is 0. The third-order valence-electron chi connectivity index (χ3n) is 5.96. The third kappa shape index (κ3) is 3.79. The van der Waals surface area contributed by atoms with Crippen LogP contribution in [-0.2, 0) is 11.3 Å². The fourth-order valence-corrected chi connectivity index (χ4v) is 4.67. The van der Waals surface area contributed by atoms with Gasteiger partial charge in [0.1, 0.15) is 11.5 Å². The number of anilines is 1. The summed E-state index contributed by atoms with van der Waals surface area (Å²) in [5, 5.41) is 3.03. The number of imide groups is 1. The molecule has 0 atom stereocenters. The van der Waals surface area contributed by atoms with Crippen LogP contribution in [0.5, 0.6) is 0 Å². The van der Waals surface area contributed by atoms with Gasteiger partial charge in [-0.25, -0.2) is 9.18 Å². The summed E-state index contributed by atoms with van der Waals surface area (Å²) in [6.07, 6.45) is 3.55. The average Bonchev–Trinajstić information content (AvgIpc) is 2.98. The Kier molecular flexibility index (Phi) is 5.59. The number of carbonyl (C=O) groups is 2. The van der Waals surface area contributed by atoms with Gasteiger partial charge in [-0.1, -0.05) is 35.9 Å². The third-order valence-corrected chi connectivity index (χ3v) is 6.33. The van der Waals surface area contributed by atoms with E-state index in [2.05, 4.69) is 30.1 Å². The molecule has 0 radical (unpaired) electrons. The van der Waals surface area contributed by atoms with Crippen LogP contribution in [-0.4, -0.2) is 28.9 Å². The van der Waals surface area contributed by atoms with Gasteiger partial charge in [0.15, 0.2) is 0 Å². The first-order chi connectivity index (χ1) is 15.1. The van der Waals surface area contributed by atoms with Gasteiger partial charge in [0.05, 0.1) is 12.1 Å². The van der Waals surface area contributed by atoms with Crippen LogP contribution in [0.15, 0.2) is 48.2 Å². The minimum absolute atomic E-state index is 0.0334. The molecule has 2 aliphatic rings. The number of hydrogen-bond donors (Lipinski definition) is 1. The van der Waals surface area contributed by atoms with Crippen LogP contribution in [0.25, 0.3) is 11.6 Å². The molecule has 0 unspecified atom stereocenters. The molecule has 4 rings (SSSR count). The van der Waals surface area contributed by atoms with Gasteiger partial charge in [-0.2, -0.15) is 0 Å². The summed E-state index contributed by atoms with van der Waals surface area (Å²) < 4.78 is 15.1. The van der Waals surface area contributed by atoms with Crippen LogP contribution >= 0.6 is 11.6 Å². The Morgan fingerprint density at radius 1 is 1.19 bits per heavy atom. The molecule has 0 aliphatic carbocycles. The summed E-state index contributed by atoms with van der Waals surface area (Å²) in [5.74, 6) is -0.970. The van der Waals surface area contributed by atoms with Crippen molar-refractivity contribution in [3.8, 4) is 0 Å². The Hall–Kier alpha value is -3.12. The quantitative estimate of drug-likeness (QED) is 0.484. The van der Waals surface area contributed by atoms with Crippen molar-refractivity contribution in [3.05, 3.63) is 75.7 Å². The number of nitrogens with one attached hydrogen (secondary N) is 1. The smallest absolute Gasteiger partial charge is 0.329 e. The van der Waals surface area contributed by atoms with Gasteiger partial charge < -0.3 is 10.2 Å². The van der Waals surface area contributed by atoms with Gasteiger partial charge in [0.2, 0.25) is 0 Å². The minimum Gasteiger partial charge on any atom is -0.363 e. The largest absolute Gasteiger partial charge is 0.363 e. The van der Waals surface area contributed by atoms with E-state index in [0.29, 0.717) is 10.6 Å². The molecule has 1 N–H and O–H groups in total. The summed E-state index contributed by atoms with van der Waals surface area (Å²) in [6.45, 7) is 8.99. The van der Waals surface area contributed by atoms with E-state index in [1.807, 2.05) is 13.8 Å². The van der Waals surface area contributed by atoms with Crippen molar-refractivity contribution in [1.82, 2.24) is 10.2 Å². The fraction of sp³-hybridized carbons (Fsp3) is 0.280. The van der Waals surface area contributed by atoms with Gasteiger partial charge in [-0.3, -0.25) is 9.69 Å². The number of benzene rings is 2. The molecule has 0 spiro atoms. The molecule has 3 amide bonds. The molecule has 2 aromatic rings. The Balaban J connectivity index is 1.68. The van der Waals surface area contributed by atoms with E-state index < -0.39 is 17.8 Å². The van der Waals surface area contributed by atoms with E-state index in [9.17, 15) is 9.59 Å². The van der Waals surface area contributed by atoms with Gasteiger partial charge in [-0.05, 0) is 63.1 Å². The highest BCUT2D eigenvalue weighted by Gasteiger charge is 2.35. The summed E-state index contributed by atoms with van der Waals surface area (Å²) >= 11 is 6.17. The summed E-state index contributed by atoms with van der Waals surface area (Å²) in [4.78, 5) is 28.5. The first-order valence-electron chi connectivity index (χ1n) is 10.5. The molecule has 1 fully saturated rings. The van der Waals surface area contributed by atoms with Crippen LogP contribution in [0, 0.1) is 5.82 Å². The van der Waals surface area contributed by atoms with Gasteiger partial charge in [-0.15, -0.1) is 0 Å². The van der Waals surface area contributed by atoms with Crippen molar-refractivity contribution in [2.75, 3.05) is 11.4 Å². The lowest BCUT2D eigenvalue weighted by Crippen LogP contribution is -2.45. The van der Waals surface area contributed by atoms with Crippen molar-refractivity contribution in [2.24, 2.45) is 0 Å². The predicted molar refractivity (Wildman–Crippen MR) is 126 cm³/mol. The lowest BCUT2D eigenvalue weighted by atomic mass is 9.88. The average molecular weight is 454 g/mol. The highest BCUT2D eigenvalue weighted by Crippen LogP contribution is 2.40. The van der Waals surface area contributed by atoms with Crippen molar-refractivity contribution in [2.45, 2.75) is 39.8 Å². The fourth-order valence-electron chi connectivity index (χ4n) is 4.47. The highest BCUT2D eigenvalue weighted by atomic mass is 35.5. The number of halogens is 2. The van der Waals surface area contributed by atoms with E-state index in [0.717, 1.165) is 28.3 Å². The number of allylic oxidation sites excluding steroid dienone is 1. The van der Waals surface area contributed by atoms with Crippen molar-refractivity contribution >= 4 is 40.9 Å². The Bertz CT molecular complexity index is 1190. The minimum atomic E-state index is -0.561. The second kappa shape index (κ2) is 8.10. The monoisotopic (exact) mass is 453 g/mol. The zero-order valence-corrected chi connectivity index (χ0v) is 19.3. The normalized spacial score (nSPS) is 18.7. The maximum Gasteiger partial charge on any atom is 0.329 e. The second-order valence-electron chi connectivity index (χ2n) is 8.59. The molecule has 1 saturated heterocycles. The molecular formula is C25H25ClFN3O2. The van der Waals surface area contributed by atoms with Crippen LogP contribution < -0.4 is 10.2 Å². The highest BCUT2D eigenvalue weighted by molar-refractivity contribution is 6.31. The van der Waals surface area contributed by atoms with Crippen molar-refractivity contribution < 1.29 is 14.0 Å². The lowest BCUT2D eigenvalue weighted by Gasteiger charge is -2.42. The number of hydrogen-bond acceptors (Lipinski definition) is 3. The SMILES string of the molecule is CCN1c2cc(F)c(/C=C3/NC(=O)N(Cc4ccccc4Cl)C3=O)cc2C(C)=CC1(C)C. The Labute approximate surface area is 192 Å². The topological polar surface area (TPSA) is 52.7 Å². The van der Waals surface area contributed by atoms with Gasteiger partial charge in [0, 0.05) is 28.4 Å². The Morgan fingerprint density at radius 2 is 1.91 bits per heavy atom. The number of carbonyl (C=O) groups excluding carboxylic acids is 2. The zero-order chi connectivity index (χ0) is 23.2. The molecule has 2 aliphatic heterocycles. The molecule has 0 aromatic heterocycles.